The van der Waals surface area contributed by atoms with Crippen molar-refractivity contribution >= 4 is 29.1 Å². The monoisotopic (exact) mass is 499 g/mol. The van der Waals surface area contributed by atoms with E-state index in [2.05, 4.69) is 17.0 Å². The Morgan fingerprint density at radius 1 is 1.06 bits per heavy atom. The summed E-state index contributed by atoms with van der Waals surface area (Å²) >= 11 is 0. The van der Waals surface area contributed by atoms with Gasteiger partial charge in [-0.1, -0.05) is 83.2 Å². The number of hydrogen-bond donors (Lipinski definition) is 2. The first kappa shape index (κ1) is 31.1. The number of amides is 2. The minimum absolute atomic E-state index is 0.00270. The Morgan fingerprint density at radius 2 is 1.67 bits per heavy atom. The average molecular weight is 500 g/mol. The minimum atomic E-state index is -0.236. The number of ether oxygens (including phenoxy) is 1. The smallest absolute Gasteiger partial charge is 0.292 e. The summed E-state index contributed by atoms with van der Waals surface area (Å²) in [5.41, 5.74) is 6.43. The Labute approximate surface area is 216 Å². The highest BCUT2D eigenvalue weighted by atomic mass is 16.5. The highest BCUT2D eigenvalue weighted by Gasteiger charge is 2.30. The normalized spacial score (nSPS) is 18.9. The van der Waals surface area contributed by atoms with Crippen LogP contribution in [0.1, 0.15) is 76.6 Å². The zero-order chi connectivity index (χ0) is 26.9. The molecule has 2 aliphatic rings. The van der Waals surface area contributed by atoms with Crippen LogP contribution >= 0.6 is 0 Å². The Kier molecular flexibility index (Phi) is 15.1. The van der Waals surface area contributed by atoms with Gasteiger partial charge in [0.15, 0.2) is 0 Å². The van der Waals surface area contributed by atoms with Crippen molar-refractivity contribution in [3.8, 4) is 0 Å². The van der Waals surface area contributed by atoms with Gasteiger partial charge in [-0.3, -0.25) is 14.4 Å². The third-order valence-corrected chi connectivity index (χ3v) is 6.33. The lowest BCUT2D eigenvalue weighted by Crippen LogP contribution is -2.42. The summed E-state index contributed by atoms with van der Waals surface area (Å²) in [6, 6.07) is 13.5. The topological polar surface area (TPSA) is 102 Å². The number of likely N-dealkylation sites (tertiary alicyclic amines) is 1. The minimum Gasteiger partial charge on any atom is -0.471 e. The molecule has 2 aromatic carbocycles. The summed E-state index contributed by atoms with van der Waals surface area (Å²) in [7, 11) is 1.31. The predicted molar refractivity (Wildman–Crippen MR) is 147 cm³/mol. The molecule has 0 spiro atoms. The van der Waals surface area contributed by atoms with E-state index in [4.69, 9.17) is 10.5 Å². The van der Waals surface area contributed by atoms with E-state index < -0.39 is 0 Å². The van der Waals surface area contributed by atoms with Crippen molar-refractivity contribution in [2.75, 3.05) is 20.2 Å². The molecular formula is C29H45N3O4. The molecule has 1 saturated carbocycles. The van der Waals surface area contributed by atoms with Crippen molar-refractivity contribution in [3.05, 3.63) is 48.0 Å². The third-order valence-electron chi connectivity index (χ3n) is 6.33. The lowest BCUT2D eigenvalue weighted by atomic mass is 9.91. The van der Waals surface area contributed by atoms with Gasteiger partial charge in [0.05, 0.1) is 13.7 Å². The van der Waals surface area contributed by atoms with Crippen LogP contribution in [0, 0.1) is 5.92 Å². The van der Waals surface area contributed by atoms with Gasteiger partial charge in [-0.15, -0.1) is 0 Å². The van der Waals surface area contributed by atoms with Gasteiger partial charge in [0, 0.05) is 24.2 Å². The highest BCUT2D eigenvalue weighted by molar-refractivity contribution is 6.00. The molecule has 1 aliphatic heterocycles. The summed E-state index contributed by atoms with van der Waals surface area (Å²) in [4.78, 5) is 35.1. The standard InChI is InChI=1S/C18H21N3O2.C7H14.C2H4O2.C2H6/c1-12-8-16(19)11-21(12)17(22)10-20-18(23)15-7-6-13-4-2-3-5-14(13)9-15;1-7-5-3-2-4-6-7;1-4-2-3;1-2/h2-7,9,12,16H,8,10-11,19H2,1H3,(H,20,23);7H,2-6H2,1H3;2H,1H3;1-2H3. The lowest BCUT2D eigenvalue weighted by molar-refractivity contribution is -0.130. The molecule has 2 unspecified atom stereocenters. The van der Waals surface area contributed by atoms with Crippen molar-refractivity contribution < 1.29 is 19.1 Å². The Morgan fingerprint density at radius 3 is 2.17 bits per heavy atom. The van der Waals surface area contributed by atoms with Gasteiger partial charge in [0.2, 0.25) is 5.91 Å². The van der Waals surface area contributed by atoms with E-state index in [1.807, 2.05) is 57.2 Å². The van der Waals surface area contributed by atoms with E-state index in [0.29, 0.717) is 18.6 Å². The molecule has 2 atom stereocenters. The fourth-order valence-electron chi connectivity index (χ4n) is 4.42. The summed E-state index contributed by atoms with van der Waals surface area (Å²) < 4.78 is 3.86. The van der Waals surface area contributed by atoms with Crippen LogP contribution in [0.25, 0.3) is 10.8 Å². The molecule has 1 aliphatic carbocycles. The Bertz CT molecular complexity index is 928. The molecule has 200 valence electrons. The van der Waals surface area contributed by atoms with Crippen LogP contribution in [0.15, 0.2) is 42.5 Å². The van der Waals surface area contributed by atoms with Crippen molar-refractivity contribution in [2.24, 2.45) is 11.7 Å². The van der Waals surface area contributed by atoms with E-state index in [1.54, 1.807) is 11.0 Å². The fourth-order valence-corrected chi connectivity index (χ4v) is 4.42. The predicted octanol–water partition coefficient (Wildman–Crippen LogP) is 4.92. The average Bonchev–Trinajstić information content (AvgIpc) is 3.26. The first-order valence-electron chi connectivity index (χ1n) is 13.1. The van der Waals surface area contributed by atoms with Crippen molar-refractivity contribution in [1.82, 2.24) is 10.2 Å². The number of rotatable bonds is 4. The van der Waals surface area contributed by atoms with Crippen LogP contribution < -0.4 is 11.1 Å². The van der Waals surface area contributed by atoms with Crippen LogP contribution in [0.5, 0.6) is 0 Å². The molecule has 1 saturated heterocycles. The second-order valence-corrected chi connectivity index (χ2v) is 9.21. The molecule has 7 nitrogen and oxygen atoms in total. The first-order chi connectivity index (χ1) is 17.3. The zero-order valence-electron chi connectivity index (χ0n) is 22.7. The largest absolute Gasteiger partial charge is 0.471 e. The number of nitrogens with zero attached hydrogens (tertiary/aromatic N) is 1. The third kappa shape index (κ3) is 10.8. The van der Waals surface area contributed by atoms with Crippen molar-refractivity contribution in [2.45, 2.75) is 78.3 Å². The number of carbonyl (C=O) groups excluding carboxylic acids is 3. The van der Waals surface area contributed by atoms with Crippen molar-refractivity contribution in [1.29, 1.82) is 0 Å². The number of carbonyl (C=O) groups is 3. The van der Waals surface area contributed by atoms with E-state index >= 15 is 0 Å². The van der Waals surface area contributed by atoms with E-state index in [9.17, 15) is 9.59 Å². The molecule has 2 fully saturated rings. The SMILES string of the molecule is CC.CC1CC(N)CN1C(=O)CNC(=O)c1ccc2ccccc2c1.CC1CCCCC1.COC=O. The first-order valence-corrected chi connectivity index (χ1v) is 13.1. The van der Waals surface area contributed by atoms with Crippen LogP contribution in [0.4, 0.5) is 0 Å². The molecule has 2 aromatic rings. The van der Waals surface area contributed by atoms with Gasteiger partial charge in [0.1, 0.15) is 0 Å². The lowest BCUT2D eigenvalue weighted by Gasteiger charge is -2.21. The summed E-state index contributed by atoms with van der Waals surface area (Å²) in [6.07, 6.45) is 8.25. The second-order valence-electron chi connectivity index (χ2n) is 9.21. The maximum absolute atomic E-state index is 12.2. The molecule has 0 bridgehead atoms. The van der Waals surface area contributed by atoms with Crippen molar-refractivity contribution in [3.63, 3.8) is 0 Å². The molecule has 36 heavy (non-hydrogen) atoms. The number of nitrogens with two attached hydrogens (primary N) is 1. The van der Waals surface area contributed by atoms with Gasteiger partial charge in [-0.25, -0.2) is 0 Å². The van der Waals surface area contributed by atoms with Gasteiger partial charge in [-0.05, 0) is 42.2 Å². The number of methoxy groups -OCH3 is 1. The number of nitrogens with one attached hydrogen (secondary N) is 1. The van der Waals surface area contributed by atoms with Crippen LogP contribution in [0.2, 0.25) is 0 Å². The molecular weight excluding hydrogens is 454 g/mol. The van der Waals surface area contributed by atoms with E-state index in [1.165, 1.54) is 39.2 Å². The molecule has 0 aromatic heterocycles. The van der Waals surface area contributed by atoms with Crippen LogP contribution in [-0.2, 0) is 14.3 Å². The number of fused-ring (bicyclic) bond motifs is 1. The van der Waals surface area contributed by atoms with Gasteiger partial charge in [0.25, 0.3) is 12.4 Å². The quantitative estimate of drug-likeness (QED) is 0.582. The number of benzene rings is 2. The molecule has 4 rings (SSSR count). The highest BCUT2D eigenvalue weighted by Crippen LogP contribution is 2.22. The fraction of sp³-hybridized carbons (Fsp3) is 0.552. The molecule has 1 heterocycles. The zero-order valence-corrected chi connectivity index (χ0v) is 22.7. The molecule has 2 amide bonds. The maximum atomic E-state index is 12.2. The van der Waals surface area contributed by atoms with Crippen LogP contribution in [-0.4, -0.2) is 55.5 Å². The van der Waals surface area contributed by atoms with Gasteiger partial charge >= 0.3 is 0 Å². The Hall–Kier alpha value is -2.93. The summed E-state index contributed by atoms with van der Waals surface area (Å²) in [5, 5.41) is 4.79. The maximum Gasteiger partial charge on any atom is 0.292 e. The molecule has 7 heteroatoms. The van der Waals surface area contributed by atoms with E-state index in [-0.39, 0.29) is 30.4 Å². The molecule has 0 radical (unpaired) electrons. The van der Waals surface area contributed by atoms with Gasteiger partial charge in [-0.2, -0.15) is 0 Å². The molecule has 3 N–H and O–H groups in total. The summed E-state index contributed by atoms with van der Waals surface area (Å²) in [6.45, 7) is 9.28. The second kappa shape index (κ2) is 17.5. The number of hydrogen-bond acceptors (Lipinski definition) is 5. The summed E-state index contributed by atoms with van der Waals surface area (Å²) in [5.74, 6) is 0.716. The van der Waals surface area contributed by atoms with E-state index in [0.717, 1.165) is 23.1 Å². The van der Waals surface area contributed by atoms with Crippen LogP contribution in [0.3, 0.4) is 0 Å². The van der Waals surface area contributed by atoms with Gasteiger partial charge < -0.3 is 20.7 Å². The Balaban J connectivity index is 0.000000412.